The topological polar surface area (TPSA) is 37.7 Å². The summed E-state index contributed by atoms with van der Waals surface area (Å²) < 4.78 is 7.86. The van der Waals surface area contributed by atoms with Crippen LogP contribution in [0, 0.1) is 5.92 Å². The van der Waals surface area contributed by atoms with Gasteiger partial charge in [-0.15, -0.1) is 0 Å². The molecule has 3 heterocycles. The number of methoxy groups -OCH3 is 1. The van der Waals surface area contributed by atoms with E-state index in [9.17, 15) is 4.79 Å². The molecule has 0 fully saturated rings. The second-order valence-electron chi connectivity index (χ2n) is 7.24. The van der Waals surface area contributed by atoms with E-state index in [2.05, 4.69) is 40.9 Å². The van der Waals surface area contributed by atoms with Crippen LogP contribution in [0.5, 0.6) is 5.75 Å². The SMILES string of the molecule is CCN(CC)C(=O)[C@@H]1C=C2c3ccc(OC)c4ccn(c34)CC2N(C)C1. The molecule has 1 aromatic carbocycles. The molecule has 1 amide bonds. The van der Waals surface area contributed by atoms with Gasteiger partial charge in [0, 0.05) is 43.3 Å². The quantitative estimate of drug-likeness (QED) is 0.848. The van der Waals surface area contributed by atoms with E-state index in [0.29, 0.717) is 6.04 Å². The highest BCUT2D eigenvalue weighted by molar-refractivity contribution is 5.99. The summed E-state index contributed by atoms with van der Waals surface area (Å²) in [4.78, 5) is 17.2. The lowest BCUT2D eigenvalue weighted by atomic mass is 9.85. The van der Waals surface area contributed by atoms with Gasteiger partial charge in [-0.25, -0.2) is 0 Å². The molecule has 0 aliphatic carbocycles. The summed E-state index contributed by atoms with van der Waals surface area (Å²) in [6.07, 6.45) is 4.37. The predicted octanol–water partition coefficient (Wildman–Crippen LogP) is 2.85. The highest BCUT2D eigenvalue weighted by atomic mass is 16.5. The fourth-order valence-electron chi connectivity index (χ4n) is 4.53. The number of hydrogen-bond acceptors (Lipinski definition) is 3. The van der Waals surface area contributed by atoms with Crippen LogP contribution in [0.25, 0.3) is 16.5 Å². The minimum atomic E-state index is -0.0789. The van der Waals surface area contributed by atoms with E-state index in [1.807, 2.05) is 24.8 Å². The van der Waals surface area contributed by atoms with Gasteiger partial charge in [0.05, 0.1) is 24.6 Å². The Balaban J connectivity index is 1.82. The maximum atomic E-state index is 12.9. The van der Waals surface area contributed by atoms with Gasteiger partial charge in [0.25, 0.3) is 0 Å². The molecule has 2 aromatic rings. The average Bonchev–Trinajstić information content (AvgIpc) is 3.08. The summed E-state index contributed by atoms with van der Waals surface area (Å²) in [7, 11) is 3.85. The fraction of sp³-hybridized carbons (Fsp3) is 0.476. The number of likely N-dealkylation sites (N-methyl/N-ethyl adjacent to an activating group) is 1. The first-order valence-corrected chi connectivity index (χ1v) is 9.45. The Kier molecular flexibility index (Phi) is 4.27. The van der Waals surface area contributed by atoms with Crippen molar-refractivity contribution in [2.75, 3.05) is 33.8 Å². The van der Waals surface area contributed by atoms with Crippen LogP contribution in [0.2, 0.25) is 0 Å². The first-order valence-electron chi connectivity index (χ1n) is 9.45. The van der Waals surface area contributed by atoms with Crippen LogP contribution < -0.4 is 4.74 Å². The highest BCUT2D eigenvalue weighted by Gasteiger charge is 2.36. The van der Waals surface area contributed by atoms with E-state index in [1.54, 1.807) is 7.11 Å². The molecule has 0 radical (unpaired) electrons. The molecule has 2 aliphatic rings. The van der Waals surface area contributed by atoms with Crippen molar-refractivity contribution in [3.05, 3.63) is 36.0 Å². The number of benzene rings is 1. The summed E-state index contributed by atoms with van der Waals surface area (Å²) >= 11 is 0. The first kappa shape index (κ1) is 17.2. The Morgan fingerprint density at radius 2 is 2.00 bits per heavy atom. The Labute approximate surface area is 154 Å². The summed E-state index contributed by atoms with van der Waals surface area (Å²) in [5.41, 5.74) is 3.73. The van der Waals surface area contributed by atoms with Crippen LogP contribution in [-0.4, -0.2) is 60.1 Å². The van der Waals surface area contributed by atoms with Gasteiger partial charge >= 0.3 is 0 Å². The second-order valence-corrected chi connectivity index (χ2v) is 7.24. The number of carbonyl (C=O) groups excluding carboxylic acids is 1. The minimum Gasteiger partial charge on any atom is -0.496 e. The molecule has 0 N–H and O–H groups in total. The molecule has 0 saturated carbocycles. The van der Waals surface area contributed by atoms with Crippen LogP contribution in [0.1, 0.15) is 19.4 Å². The number of aromatic nitrogens is 1. The third-order valence-electron chi connectivity index (χ3n) is 5.93. The van der Waals surface area contributed by atoms with Gasteiger partial charge in [0.15, 0.2) is 0 Å². The first-order chi connectivity index (χ1) is 12.6. The van der Waals surface area contributed by atoms with Crippen molar-refractivity contribution < 1.29 is 9.53 Å². The maximum Gasteiger partial charge on any atom is 0.230 e. The molecule has 2 atom stereocenters. The maximum absolute atomic E-state index is 12.9. The molecule has 0 saturated heterocycles. The van der Waals surface area contributed by atoms with Crippen LogP contribution in [0.4, 0.5) is 0 Å². The van der Waals surface area contributed by atoms with E-state index in [0.717, 1.165) is 37.3 Å². The molecule has 4 rings (SSSR count). The van der Waals surface area contributed by atoms with Gasteiger partial charge in [0.2, 0.25) is 5.91 Å². The summed E-state index contributed by atoms with van der Waals surface area (Å²) in [5, 5.41) is 1.14. The molecule has 0 spiro atoms. The summed E-state index contributed by atoms with van der Waals surface area (Å²) in [6.45, 7) is 7.31. The van der Waals surface area contributed by atoms with Gasteiger partial charge in [-0.1, -0.05) is 6.08 Å². The monoisotopic (exact) mass is 353 g/mol. The molecule has 0 bridgehead atoms. The van der Waals surface area contributed by atoms with E-state index < -0.39 is 0 Å². The number of carbonyl (C=O) groups is 1. The van der Waals surface area contributed by atoms with Gasteiger partial charge in [-0.3, -0.25) is 9.69 Å². The van der Waals surface area contributed by atoms with Crippen LogP contribution in [0.3, 0.4) is 0 Å². The van der Waals surface area contributed by atoms with Crippen molar-refractivity contribution in [1.82, 2.24) is 14.4 Å². The van der Waals surface area contributed by atoms with E-state index in [1.165, 1.54) is 16.7 Å². The van der Waals surface area contributed by atoms with Gasteiger partial charge < -0.3 is 14.2 Å². The molecular weight excluding hydrogens is 326 g/mol. The van der Waals surface area contributed by atoms with Crippen LogP contribution in [-0.2, 0) is 11.3 Å². The highest BCUT2D eigenvalue weighted by Crippen LogP contribution is 2.41. The van der Waals surface area contributed by atoms with Gasteiger partial charge in [0.1, 0.15) is 5.75 Å². The molecule has 138 valence electrons. The van der Waals surface area contributed by atoms with Crippen molar-refractivity contribution in [2.45, 2.75) is 26.4 Å². The number of nitrogens with zero attached hydrogens (tertiary/aromatic N) is 3. The third-order valence-corrected chi connectivity index (χ3v) is 5.93. The van der Waals surface area contributed by atoms with E-state index in [-0.39, 0.29) is 11.8 Å². The minimum absolute atomic E-state index is 0.0789. The van der Waals surface area contributed by atoms with Crippen LogP contribution in [0.15, 0.2) is 30.5 Å². The Bertz CT molecular complexity index is 879. The van der Waals surface area contributed by atoms with Crippen molar-refractivity contribution in [3.8, 4) is 5.75 Å². The van der Waals surface area contributed by atoms with Crippen molar-refractivity contribution >= 4 is 22.4 Å². The molecule has 1 aromatic heterocycles. The largest absolute Gasteiger partial charge is 0.496 e. The van der Waals surface area contributed by atoms with Crippen molar-refractivity contribution in [1.29, 1.82) is 0 Å². The molecule has 26 heavy (non-hydrogen) atoms. The Hall–Kier alpha value is -2.27. The van der Waals surface area contributed by atoms with Crippen LogP contribution >= 0.6 is 0 Å². The lowest BCUT2D eigenvalue weighted by Crippen LogP contribution is -2.48. The normalized spacial score (nSPS) is 22.1. The van der Waals surface area contributed by atoms with E-state index in [4.69, 9.17) is 4.74 Å². The number of rotatable bonds is 4. The predicted molar refractivity (Wildman–Crippen MR) is 104 cm³/mol. The zero-order chi connectivity index (χ0) is 18.4. The Morgan fingerprint density at radius 1 is 1.23 bits per heavy atom. The molecule has 5 heteroatoms. The number of amides is 1. The molecular formula is C21H27N3O2. The lowest BCUT2D eigenvalue weighted by molar-refractivity contribution is -0.134. The smallest absolute Gasteiger partial charge is 0.230 e. The van der Waals surface area contributed by atoms with Gasteiger partial charge in [-0.05, 0) is 44.7 Å². The van der Waals surface area contributed by atoms with Gasteiger partial charge in [-0.2, -0.15) is 0 Å². The lowest BCUT2D eigenvalue weighted by Gasteiger charge is -2.41. The second kappa shape index (κ2) is 6.47. The molecule has 5 nitrogen and oxygen atoms in total. The number of hydrogen-bond donors (Lipinski definition) is 0. The number of fused-ring (bicyclic) bond motifs is 2. The fourth-order valence-corrected chi connectivity index (χ4v) is 4.53. The summed E-state index contributed by atoms with van der Waals surface area (Å²) in [5.74, 6) is 1.06. The van der Waals surface area contributed by atoms with E-state index >= 15 is 0 Å². The molecule has 1 unspecified atom stereocenters. The number of ether oxygens (including phenoxy) is 1. The zero-order valence-electron chi connectivity index (χ0n) is 16.0. The van der Waals surface area contributed by atoms with Crippen molar-refractivity contribution in [3.63, 3.8) is 0 Å². The average molecular weight is 353 g/mol. The summed E-state index contributed by atoms with van der Waals surface area (Å²) in [6, 6.07) is 6.63. The standard InChI is InChI=1S/C21H27N3O2/c1-5-23(6-2)21(25)14-11-17-15-7-8-19(26-4)16-9-10-24(20(15)16)13-18(17)22(3)12-14/h7-11,14,18H,5-6,12-13H2,1-4H3/t14-,18?/m1/s1. The van der Waals surface area contributed by atoms with Crippen molar-refractivity contribution in [2.24, 2.45) is 5.92 Å². The third kappa shape index (κ3) is 2.45. The Morgan fingerprint density at radius 3 is 2.69 bits per heavy atom. The zero-order valence-corrected chi connectivity index (χ0v) is 16.0. The molecule has 2 aliphatic heterocycles.